The molecule has 14 heavy (non-hydrogen) atoms. The normalized spacial score (nSPS) is 11.9. The number of carbonyl (C=O) groups excluding carboxylic acids is 2. The Balaban J connectivity index is 2.58. The van der Waals surface area contributed by atoms with Gasteiger partial charge in [-0.3, -0.25) is 10.1 Å². The molecule has 1 atom stereocenters. The number of imidazole rings is 1. The second-order valence-electron chi connectivity index (χ2n) is 2.75. The molecule has 0 aliphatic rings. The number of aromatic nitrogens is 2. The zero-order chi connectivity index (χ0) is 10.6. The Morgan fingerprint density at radius 1 is 1.50 bits per heavy atom. The fourth-order valence-electron chi connectivity index (χ4n) is 0.913. The summed E-state index contributed by atoms with van der Waals surface area (Å²) in [4.78, 5) is 26.0. The second kappa shape index (κ2) is 4.40. The van der Waals surface area contributed by atoms with Crippen LogP contribution >= 0.6 is 0 Å². The molecule has 0 aliphatic heterocycles. The molecule has 0 saturated heterocycles. The van der Waals surface area contributed by atoms with Crippen LogP contribution < -0.4 is 10.6 Å². The van der Waals surface area contributed by atoms with Crippen LogP contribution in [0.5, 0.6) is 0 Å². The van der Waals surface area contributed by atoms with E-state index in [1.807, 2.05) is 0 Å². The highest BCUT2D eigenvalue weighted by Gasteiger charge is 2.15. The maximum absolute atomic E-state index is 11.4. The molecule has 0 aromatic carbocycles. The van der Waals surface area contributed by atoms with Crippen LogP contribution in [-0.4, -0.2) is 28.5 Å². The first kappa shape index (κ1) is 10.2. The number of hydrogen-bond donors (Lipinski definition) is 2. The fourth-order valence-corrected chi connectivity index (χ4v) is 0.913. The molecule has 0 fully saturated rings. The summed E-state index contributed by atoms with van der Waals surface area (Å²) in [7, 11) is 1.45. The lowest BCUT2D eigenvalue weighted by atomic mass is 10.3. The topological polar surface area (TPSA) is 76.0 Å². The summed E-state index contributed by atoms with van der Waals surface area (Å²) in [6, 6.07) is -0.961. The maximum atomic E-state index is 11.4. The summed E-state index contributed by atoms with van der Waals surface area (Å²) in [5.41, 5.74) is 0. The minimum Gasteiger partial charge on any atom is -0.341 e. The highest BCUT2D eigenvalue weighted by Crippen LogP contribution is 2.03. The Morgan fingerprint density at radius 2 is 2.21 bits per heavy atom. The molecule has 0 radical (unpaired) electrons. The summed E-state index contributed by atoms with van der Waals surface area (Å²) < 4.78 is 1.61. The SMILES string of the molecule is CNC(=O)NC(=O)C(C)n1ccnc1. The Morgan fingerprint density at radius 3 is 2.71 bits per heavy atom. The first-order valence-corrected chi connectivity index (χ1v) is 4.15. The van der Waals surface area contributed by atoms with Gasteiger partial charge in [0.05, 0.1) is 6.33 Å². The molecule has 76 valence electrons. The van der Waals surface area contributed by atoms with Crippen LogP contribution in [0.1, 0.15) is 13.0 Å². The van der Waals surface area contributed by atoms with E-state index in [9.17, 15) is 9.59 Å². The lowest BCUT2D eigenvalue weighted by Crippen LogP contribution is -2.40. The van der Waals surface area contributed by atoms with Gasteiger partial charge >= 0.3 is 6.03 Å². The standard InChI is InChI=1S/C8H12N4O2/c1-6(12-4-3-10-5-12)7(13)11-8(14)9-2/h3-6H,1-2H3,(H2,9,11,13,14). The molecule has 6 nitrogen and oxygen atoms in total. The van der Waals surface area contributed by atoms with Gasteiger partial charge in [-0.15, -0.1) is 0 Å². The molecule has 0 saturated carbocycles. The van der Waals surface area contributed by atoms with Gasteiger partial charge < -0.3 is 9.88 Å². The summed E-state index contributed by atoms with van der Waals surface area (Å²) in [5.74, 6) is -0.373. The predicted octanol–water partition coefficient (Wildman–Crippen LogP) is -0.100. The number of imide groups is 1. The van der Waals surface area contributed by atoms with Crippen LogP contribution in [0.3, 0.4) is 0 Å². The number of hydrogen-bond acceptors (Lipinski definition) is 3. The molecular weight excluding hydrogens is 184 g/mol. The highest BCUT2D eigenvalue weighted by molar-refractivity contribution is 5.95. The molecule has 3 amide bonds. The molecule has 0 spiro atoms. The quantitative estimate of drug-likeness (QED) is 0.693. The van der Waals surface area contributed by atoms with E-state index in [1.54, 1.807) is 23.9 Å². The Hall–Kier alpha value is -1.85. The van der Waals surface area contributed by atoms with E-state index in [4.69, 9.17) is 0 Å². The van der Waals surface area contributed by atoms with Gasteiger partial charge in [0.15, 0.2) is 0 Å². The maximum Gasteiger partial charge on any atom is 0.321 e. The van der Waals surface area contributed by atoms with E-state index >= 15 is 0 Å². The van der Waals surface area contributed by atoms with Crippen molar-refractivity contribution < 1.29 is 9.59 Å². The summed E-state index contributed by atoms with van der Waals surface area (Å²) >= 11 is 0. The number of urea groups is 1. The molecule has 1 aromatic rings. The van der Waals surface area contributed by atoms with Gasteiger partial charge in [0, 0.05) is 19.4 Å². The van der Waals surface area contributed by atoms with Gasteiger partial charge in [0.25, 0.3) is 5.91 Å². The van der Waals surface area contributed by atoms with E-state index in [2.05, 4.69) is 15.6 Å². The minimum atomic E-state index is -0.512. The molecule has 1 unspecified atom stereocenters. The van der Waals surface area contributed by atoms with Crippen molar-refractivity contribution in [3.05, 3.63) is 18.7 Å². The van der Waals surface area contributed by atoms with Crippen LogP contribution in [0.25, 0.3) is 0 Å². The number of amides is 3. The lowest BCUT2D eigenvalue weighted by molar-refractivity contribution is -0.122. The summed E-state index contributed by atoms with van der Waals surface area (Å²) in [5, 5.41) is 4.48. The Kier molecular flexibility index (Phi) is 3.22. The molecule has 1 heterocycles. The van der Waals surface area contributed by atoms with E-state index in [0.29, 0.717) is 0 Å². The van der Waals surface area contributed by atoms with Gasteiger partial charge in [0.2, 0.25) is 0 Å². The average Bonchev–Trinajstić information content (AvgIpc) is 2.69. The van der Waals surface area contributed by atoms with Gasteiger partial charge in [-0.2, -0.15) is 0 Å². The van der Waals surface area contributed by atoms with Crippen LogP contribution in [0.4, 0.5) is 4.79 Å². The van der Waals surface area contributed by atoms with Crippen LogP contribution in [0.15, 0.2) is 18.7 Å². The van der Waals surface area contributed by atoms with Crippen LogP contribution in [0.2, 0.25) is 0 Å². The van der Waals surface area contributed by atoms with Crippen LogP contribution in [-0.2, 0) is 4.79 Å². The van der Waals surface area contributed by atoms with E-state index in [0.717, 1.165) is 0 Å². The highest BCUT2D eigenvalue weighted by atomic mass is 16.2. The van der Waals surface area contributed by atoms with Gasteiger partial charge in [-0.1, -0.05) is 0 Å². The monoisotopic (exact) mass is 196 g/mol. The van der Waals surface area contributed by atoms with Gasteiger partial charge in [-0.25, -0.2) is 9.78 Å². The largest absolute Gasteiger partial charge is 0.341 e. The van der Waals surface area contributed by atoms with Gasteiger partial charge in [0.1, 0.15) is 6.04 Å². The molecule has 0 aliphatic carbocycles. The third-order valence-electron chi connectivity index (χ3n) is 1.82. The zero-order valence-electron chi connectivity index (χ0n) is 8.02. The van der Waals surface area contributed by atoms with E-state index in [1.165, 1.54) is 13.4 Å². The van der Waals surface area contributed by atoms with Crippen molar-refractivity contribution in [3.63, 3.8) is 0 Å². The third-order valence-corrected chi connectivity index (χ3v) is 1.82. The zero-order valence-corrected chi connectivity index (χ0v) is 8.02. The van der Waals surface area contributed by atoms with Crippen molar-refractivity contribution >= 4 is 11.9 Å². The summed E-state index contributed by atoms with van der Waals surface area (Å²) in [6.45, 7) is 1.68. The minimum absolute atomic E-state index is 0.373. The second-order valence-corrected chi connectivity index (χ2v) is 2.75. The van der Waals surface area contributed by atoms with Crippen LogP contribution in [0, 0.1) is 0 Å². The first-order valence-electron chi connectivity index (χ1n) is 4.15. The van der Waals surface area contributed by atoms with Crippen molar-refractivity contribution in [2.24, 2.45) is 0 Å². The number of rotatable bonds is 2. The van der Waals surface area contributed by atoms with E-state index in [-0.39, 0.29) is 5.91 Å². The fraction of sp³-hybridized carbons (Fsp3) is 0.375. The molecule has 1 aromatic heterocycles. The van der Waals surface area contributed by atoms with Crippen molar-refractivity contribution in [1.82, 2.24) is 20.2 Å². The summed E-state index contributed by atoms with van der Waals surface area (Å²) in [6.07, 6.45) is 4.76. The number of nitrogens with zero attached hydrogens (tertiary/aromatic N) is 2. The van der Waals surface area contributed by atoms with Gasteiger partial charge in [-0.05, 0) is 6.92 Å². The van der Waals surface area contributed by atoms with Crippen molar-refractivity contribution in [3.8, 4) is 0 Å². The van der Waals surface area contributed by atoms with Crippen molar-refractivity contribution in [1.29, 1.82) is 0 Å². The van der Waals surface area contributed by atoms with Crippen molar-refractivity contribution in [2.75, 3.05) is 7.05 Å². The number of carbonyl (C=O) groups is 2. The van der Waals surface area contributed by atoms with Crippen molar-refractivity contribution in [2.45, 2.75) is 13.0 Å². The number of nitrogens with one attached hydrogen (secondary N) is 2. The molecule has 0 bridgehead atoms. The lowest BCUT2D eigenvalue weighted by Gasteiger charge is -2.11. The predicted molar refractivity (Wildman–Crippen MR) is 49.5 cm³/mol. The molecule has 1 rings (SSSR count). The molecular formula is C8H12N4O2. The molecule has 2 N–H and O–H groups in total. The first-order chi connectivity index (χ1) is 6.65. The van der Waals surface area contributed by atoms with E-state index < -0.39 is 12.1 Å². The Bertz CT molecular complexity index is 320. The molecule has 6 heteroatoms. The Labute approximate surface area is 81.3 Å². The average molecular weight is 196 g/mol. The third kappa shape index (κ3) is 2.32. The smallest absolute Gasteiger partial charge is 0.321 e.